The molecule has 3 heteroatoms. The van der Waals surface area contributed by atoms with E-state index in [2.05, 4.69) is 47.7 Å². The van der Waals surface area contributed by atoms with Crippen molar-refractivity contribution in [2.24, 2.45) is 7.05 Å². The largest absolute Gasteiger partial charge is 0.319 e. The summed E-state index contributed by atoms with van der Waals surface area (Å²) in [5, 5.41) is 7.68. The monoisotopic (exact) mass is 229 g/mol. The van der Waals surface area contributed by atoms with Crippen LogP contribution in [0, 0.1) is 6.92 Å². The smallest absolute Gasteiger partial charge is 0.0681 e. The Morgan fingerprint density at radius 2 is 2.12 bits per heavy atom. The SMILES string of the molecule is CNCCc1cc(-c2cccc(C)c2)n(C)n1. The van der Waals surface area contributed by atoms with E-state index >= 15 is 0 Å². The summed E-state index contributed by atoms with van der Waals surface area (Å²) in [6.45, 7) is 3.08. The normalized spacial score (nSPS) is 10.8. The average molecular weight is 229 g/mol. The van der Waals surface area contributed by atoms with Crippen LogP contribution < -0.4 is 5.32 Å². The number of hydrogen-bond acceptors (Lipinski definition) is 2. The third-order valence-electron chi connectivity index (χ3n) is 2.88. The molecule has 2 rings (SSSR count). The van der Waals surface area contributed by atoms with Crippen molar-refractivity contribution >= 4 is 0 Å². The second kappa shape index (κ2) is 5.15. The van der Waals surface area contributed by atoms with Gasteiger partial charge in [0.05, 0.1) is 11.4 Å². The van der Waals surface area contributed by atoms with Crippen molar-refractivity contribution in [1.29, 1.82) is 0 Å². The summed E-state index contributed by atoms with van der Waals surface area (Å²) in [5.41, 5.74) is 4.83. The average Bonchev–Trinajstić information content (AvgIpc) is 2.68. The van der Waals surface area contributed by atoms with E-state index in [1.54, 1.807) is 0 Å². The highest BCUT2D eigenvalue weighted by Gasteiger charge is 2.06. The fourth-order valence-corrected chi connectivity index (χ4v) is 1.98. The van der Waals surface area contributed by atoms with Crippen LogP contribution in [0.25, 0.3) is 11.3 Å². The highest BCUT2D eigenvalue weighted by Crippen LogP contribution is 2.20. The van der Waals surface area contributed by atoms with E-state index in [9.17, 15) is 0 Å². The third kappa shape index (κ3) is 2.74. The minimum atomic E-state index is 0.963. The molecule has 0 radical (unpaired) electrons. The van der Waals surface area contributed by atoms with E-state index in [1.165, 1.54) is 16.8 Å². The van der Waals surface area contributed by atoms with E-state index in [4.69, 9.17) is 0 Å². The Hall–Kier alpha value is -1.61. The van der Waals surface area contributed by atoms with Gasteiger partial charge in [0.2, 0.25) is 0 Å². The zero-order valence-corrected chi connectivity index (χ0v) is 10.7. The number of hydrogen-bond donors (Lipinski definition) is 1. The molecule has 0 spiro atoms. The van der Waals surface area contributed by atoms with Crippen LogP contribution in [0.4, 0.5) is 0 Å². The summed E-state index contributed by atoms with van der Waals surface area (Å²) in [7, 11) is 3.96. The van der Waals surface area contributed by atoms with Crippen LogP contribution in [-0.4, -0.2) is 23.4 Å². The van der Waals surface area contributed by atoms with Crippen LogP contribution in [0.5, 0.6) is 0 Å². The molecule has 0 atom stereocenters. The first-order valence-corrected chi connectivity index (χ1v) is 5.95. The number of nitrogens with one attached hydrogen (secondary N) is 1. The molecule has 0 aliphatic rings. The first-order chi connectivity index (χ1) is 8.20. The van der Waals surface area contributed by atoms with Crippen LogP contribution in [-0.2, 0) is 13.5 Å². The van der Waals surface area contributed by atoms with Gasteiger partial charge in [-0.15, -0.1) is 0 Å². The number of aryl methyl sites for hydroxylation is 2. The summed E-state index contributed by atoms with van der Waals surface area (Å²) in [6, 6.07) is 10.7. The van der Waals surface area contributed by atoms with Gasteiger partial charge in [-0.25, -0.2) is 0 Å². The molecule has 0 aliphatic carbocycles. The van der Waals surface area contributed by atoms with Gasteiger partial charge in [-0.2, -0.15) is 5.10 Å². The van der Waals surface area contributed by atoms with Crippen molar-refractivity contribution in [2.45, 2.75) is 13.3 Å². The summed E-state index contributed by atoms with van der Waals surface area (Å²) < 4.78 is 1.96. The topological polar surface area (TPSA) is 29.9 Å². The maximum absolute atomic E-state index is 4.53. The Labute approximate surface area is 102 Å². The maximum atomic E-state index is 4.53. The summed E-state index contributed by atoms with van der Waals surface area (Å²) in [5.74, 6) is 0. The Kier molecular flexibility index (Phi) is 3.59. The lowest BCUT2D eigenvalue weighted by atomic mass is 10.1. The number of nitrogens with zero attached hydrogens (tertiary/aromatic N) is 2. The minimum Gasteiger partial charge on any atom is -0.319 e. The van der Waals surface area contributed by atoms with E-state index in [-0.39, 0.29) is 0 Å². The first kappa shape index (κ1) is 11.9. The Bertz CT molecular complexity index is 500. The Morgan fingerprint density at radius 1 is 1.29 bits per heavy atom. The van der Waals surface area contributed by atoms with Crippen molar-refractivity contribution in [1.82, 2.24) is 15.1 Å². The molecule has 0 saturated carbocycles. The molecule has 1 aromatic heterocycles. The zero-order valence-electron chi connectivity index (χ0n) is 10.7. The van der Waals surface area contributed by atoms with Gasteiger partial charge >= 0.3 is 0 Å². The van der Waals surface area contributed by atoms with Crippen molar-refractivity contribution in [3.05, 3.63) is 41.6 Å². The molecule has 3 nitrogen and oxygen atoms in total. The van der Waals surface area contributed by atoms with Crippen LogP contribution >= 0.6 is 0 Å². The molecule has 90 valence electrons. The summed E-state index contributed by atoms with van der Waals surface area (Å²) >= 11 is 0. The lowest BCUT2D eigenvalue weighted by Crippen LogP contribution is -2.10. The second-order valence-corrected chi connectivity index (χ2v) is 4.37. The molecule has 0 unspecified atom stereocenters. The van der Waals surface area contributed by atoms with E-state index in [0.29, 0.717) is 0 Å². The lowest BCUT2D eigenvalue weighted by Gasteiger charge is -2.02. The number of rotatable bonds is 4. The van der Waals surface area contributed by atoms with E-state index < -0.39 is 0 Å². The quantitative estimate of drug-likeness (QED) is 0.870. The second-order valence-electron chi connectivity index (χ2n) is 4.37. The fraction of sp³-hybridized carbons (Fsp3) is 0.357. The molecule has 0 amide bonds. The third-order valence-corrected chi connectivity index (χ3v) is 2.88. The number of likely N-dealkylation sites (N-methyl/N-ethyl adjacent to an activating group) is 1. The Balaban J connectivity index is 2.29. The fourth-order valence-electron chi connectivity index (χ4n) is 1.98. The lowest BCUT2D eigenvalue weighted by molar-refractivity contribution is 0.720. The minimum absolute atomic E-state index is 0.963. The molecule has 0 bridgehead atoms. The number of benzene rings is 1. The highest BCUT2D eigenvalue weighted by molar-refractivity contribution is 5.60. The van der Waals surface area contributed by atoms with Crippen molar-refractivity contribution in [3.8, 4) is 11.3 Å². The van der Waals surface area contributed by atoms with Crippen molar-refractivity contribution < 1.29 is 0 Å². The van der Waals surface area contributed by atoms with Gasteiger partial charge in [-0.05, 0) is 26.1 Å². The van der Waals surface area contributed by atoms with Crippen LogP contribution in [0.2, 0.25) is 0 Å². The van der Waals surface area contributed by atoms with Crippen LogP contribution in [0.1, 0.15) is 11.3 Å². The van der Waals surface area contributed by atoms with Gasteiger partial charge in [0.15, 0.2) is 0 Å². The molecule has 0 saturated heterocycles. The van der Waals surface area contributed by atoms with Gasteiger partial charge in [0.25, 0.3) is 0 Å². The molecular weight excluding hydrogens is 210 g/mol. The van der Waals surface area contributed by atoms with Crippen LogP contribution in [0.15, 0.2) is 30.3 Å². The standard InChI is InChI=1S/C14H19N3/c1-11-5-4-6-12(9-11)14-10-13(7-8-15-2)16-17(14)3/h4-6,9-10,15H,7-8H2,1-3H3. The molecule has 17 heavy (non-hydrogen) atoms. The van der Waals surface area contributed by atoms with Crippen molar-refractivity contribution in [2.75, 3.05) is 13.6 Å². The highest BCUT2D eigenvalue weighted by atomic mass is 15.3. The van der Waals surface area contributed by atoms with Crippen LogP contribution in [0.3, 0.4) is 0 Å². The van der Waals surface area contributed by atoms with Gasteiger partial charge in [-0.1, -0.05) is 23.8 Å². The van der Waals surface area contributed by atoms with Crippen molar-refractivity contribution in [3.63, 3.8) is 0 Å². The molecule has 1 heterocycles. The Morgan fingerprint density at radius 3 is 2.82 bits per heavy atom. The predicted octanol–water partition coefficient (Wildman–Crippen LogP) is 2.16. The van der Waals surface area contributed by atoms with Gasteiger partial charge in [-0.3, -0.25) is 4.68 Å². The van der Waals surface area contributed by atoms with Gasteiger partial charge in [0.1, 0.15) is 0 Å². The molecule has 1 N–H and O–H groups in total. The summed E-state index contributed by atoms with van der Waals surface area (Å²) in [4.78, 5) is 0. The molecule has 2 aromatic rings. The molecular formula is C14H19N3. The molecule has 0 fully saturated rings. The first-order valence-electron chi connectivity index (χ1n) is 5.95. The zero-order chi connectivity index (χ0) is 12.3. The maximum Gasteiger partial charge on any atom is 0.0681 e. The molecule has 1 aromatic carbocycles. The van der Waals surface area contributed by atoms with E-state index in [1.807, 2.05) is 18.8 Å². The van der Waals surface area contributed by atoms with Gasteiger partial charge < -0.3 is 5.32 Å². The molecule has 0 aliphatic heterocycles. The van der Waals surface area contributed by atoms with E-state index in [0.717, 1.165) is 18.7 Å². The predicted molar refractivity (Wildman–Crippen MR) is 71.0 cm³/mol. The number of aromatic nitrogens is 2. The van der Waals surface area contributed by atoms with Gasteiger partial charge in [0, 0.05) is 25.6 Å². The summed E-state index contributed by atoms with van der Waals surface area (Å²) in [6.07, 6.45) is 0.968.